The van der Waals surface area contributed by atoms with E-state index in [0.29, 0.717) is 0 Å². The second kappa shape index (κ2) is 3.81. The van der Waals surface area contributed by atoms with E-state index in [2.05, 4.69) is 0 Å². The number of aryl methyl sites for hydroxylation is 1. The first kappa shape index (κ1) is 9.84. The molecule has 2 heteroatoms. The summed E-state index contributed by atoms with van der Waals surface area (Å²) >= 11 is 0. The zero-order chi connectivity index (χ0) is 10.8. The van der Waals surface area contributed by atoms with Gasteiger partial charge in [-0.15, -0.1) is 4.39 Å². The molecule has 0 fully saturated rings. The van der Waals surface area contributed by atoms with E-state index in [1.54, 1.807) is 17.7 Å². The first-order chi connectivity index (χ1) is 7.20. The zero-order valence-electron chi connectivity index (χ0n) is 8.87. The van der Waals surface area contributed by atoms with Gasteiger partial charge in [0, 0.05) is 17.7 Å². The first-order valence-corrected chi connectivity index (χ1v) is 4.90. The molecule has 0 atom stereocenters. The fraction of sp³-hybridized carbons (Fsp3) is 0.154. The van der Waals surface area contributed by atoms with Gasteiger partial charge in [0.1, 0.15) is 7.05 Å². The lowest BCUT2D eigenvalue weighted by Gasteiger charge is -2.03. The van der Waals surface area contributed by atoms with Gasteiger partial charge in [-0.2, -0.15) is 4.57 Å². The minimum absolute atomic E-state index is 0.226. The van der Waals surface area contributed by atoms with Crippen molar-refractivity contribution in [1.82, 2.24) is 0 Å². The van der Waals surface area contributed by atoms with Crippen LogP contribution < -0.4 is 4.57 Å². The minimum atomic E-state index is -0.226. The van der Waals surface area contributed by atoms with Crippen LogP contribution in [0.15, 0.2) is 42.5 Å². The molecule has 1 nitrogen and oxygen atoms in total. The molecule has 0 amide bonds. The van der Waals surface area contributed by atoms with Gasteiger partial charge in [0.05, 0.1) is 0 Å². The summed E-state index contributed by atoms with van der Waals surface area (Å²) in [6, 6.07) is 13.1. The molecule has 0 unspecified atom stereocenters. The molecule has 1 aromatic carbocycles. The Hall–Kier alpha value is -1.70. The molecule has 1 aromatic heterocycles. The molecule has 0 spiro atoms. The Morgan fingerprint density at radius 1 is 1.00 bits per heavy atom. The van der Waals surface area contributed by atoms with Crippen LogP contribution in [0.3, 0.4) is 0 Å². The predicted molar refractivity (Wildman–Crippen MR) is 57.7 cm³/mol. The molecule has 1 heterocycles. The highest BCUT2D eigenvalue weighted by Crippen LogP contribution is 2.19. The zero-order valence-corrected chi connectivity index (χ0v) is 8.87. The number of hydrogen-bond acceptors (Lipinski definition) is 0. The van der Waals surface area contributed by atoms with E-state index in [9.17, 15) is 4.39 Å². The van der Waals surface area contributed by atoms with Crippen molar-refractivity contribution in [2.24, 2.45) is 7.05 Å². The van der Waals surface area contributed by atoms with Crippen LogP contribution in [0.5, 0.6) is 0 Å². The topological polar surface area (TPSA) is 3.88 Å². The van der Waals surface area contributed by atoms with Crippen LogP contribution in [-0.2, 0) is 7.05 Å². The van der Waals surface area contributed by atoms with Crippen molar-refractivity contribution >= 4 is 0 Å². The number of halogens is 1. The molecule has 2 rings (SSSR count). The number of nitrogens with zero attached hydrogens (tertiary/aromatic N) is 1. The molecule has 0 aliphatic carbocycles. The second-order valence-corrected chi connectivity index (χ2v) is 3.61. The van der Waals surface area contributed by atoms with E-state index in [0.717, 1.165) is 16.8 Å². The standard InChI is InChI=1S/C13H13FN/c1-10-6-3-4-7-11(10)12-8-5-9-13(14)15(12)2/h3-9H,1-2H3/q+1. The Labute approximate surface area is 88.8 Å². The molecule has 0 aliphatic heterocycles. The van der Waals surface area contributed by atoms with Crippen molar-refractivity contribution in [2.75, 3.05) is 0 Å². The normalized spacial score (nSPS) is 10.3. The van der Waals surface area contributed by atoms with Gasteiger partial charge in [-0.1, -0.05) is 18.2 Å². The van der Waals surface area contributed by atoms with Crippen molar-refractivity contribution in [1.29, 1.82) is 0 Å². The molecule has 15 heavy (non-hydrogen) atoms. The molecule has 76 valence electrons. The van der Waals surface area contributed by atoms with Gasteiger partial charge in [-0.3, -0.25) is 0 Å². The highest BCUT2D eigenvalue weighted by atomic mass is 19.1. The van der Waals surface area contributed by atoms with E-state index in [1.807, 2.05) is 37.3 Å². The van der Waals surface area contributed by atoms with Crippen LogP contribution in [0, 0.1) is 12.9 Å². The van der Waals surface area contributed by atoms with Gasteiger partial charge < -0.3 is 0 Å². The van der Waals surface area contributed by atoms with Crippen LogP contribution in [0.4, 0.5) is 4.39 Å². The number of hydrogen-bond donors (Lipinski definition) is 0. The highest BCUT2D eigenvalue weighted by molar-refractivity contribution is 5.60. The fourth-order valence-electron chi connectivity index (χ4n) is 1.69. The number of rotatable bonds is 1. The molecule has 0 radical (unpaired) electrons. The van der Waals surface area contributed by atoms with E-state index >= 15 is 0 Å². The summed E-state index contributed by atoms with van der Waals surface area (Å²) in [5.41, 5.74) is 3.12. The first-order valence-electron chi connectivity index (χ1n) is 4.90. The van der Waals surface area contributed by atoms with Gasteiger partial charge in [-0.05, 0) is 24.6 Å². The van der Waals surface area contributed by atoms with Gasteiger partial charge in [0.25, 0.3) is 0 Å². The van der Waals surface area contributed by atoms with Gasteiger partial charge in [-0.25, -0.2) is 0 Å². The second-order valence-electron chi connectivity index (χ2n) is 3.61. The summed E-state index contributed by atoms with van der Waals surface area (Å²) in [6.45, 7) is 2.03. The monoisotopic (exact) mass is 202 g/mol. The number of pyridine rings is 1. The van der Waals surface area contributed by atoms with E-state index < -0.39 is 0 Å². The van der Waals surface area contributed by atoms with Crippen molar-refractivity contribution in [3.63, 3.8) is 0 Å². The van der Waals surface area contributed by atoms with Crippen LogP contribution in [0.1, 0.15) is 5.56 Å². The highest BCUT2D eigenvalue weighted by Gasteiger charge is 2.14. The summed E-state index contributed by atoms with van der Waals surface area (Å²) in [5.74, 6) is -0.226. The Kier molecular flexibility index (Phi) is 2.50. The average Bonchev–Trinajstić information content (AvgIpc) is 2.23. The molecule has 0 aliphatic rings. The SMILES string of the molecule is Cc1ccccc1-c1cccc(F)[n+]1C. The Morgan fingerprint density at radius 2 is 1.73 bits per heavy atom. The lowest BCUT2D eigenvalue weighted by molar-refractivity contribution is -0.689. The van der Waals surface area contributed by atoms with Crippen LogP contribution in [0.25, 0.3) is 11.3 Å². The number of aromatic nitrogens is 1. The van der Waals surface area contributed by atoms with Crippen molar-refractivity contribution in [3.05, 3.63) is 54.0 Å². The maximum absolute atomic E-state index is 13.4. The van der Waals surface area contributed by atoms with E-state index in [1.165, 1.54) is 6.07 Å². The third-order valence-electron chi connectivity index (χ3n) is 2.59. The van der Waals surface area contributed by atoms with Crippen molar-refractivity contribution < 1.29 is 8.96 Å². The predicted octanol–water partition coefficient (Wildman–Crippen LogP) is 2.63. The molecular weight excluding hydrogens is 189 g/mol. The molecule has 0 saturated carbocycles. The third-order valence-corrected chi connectivity index (χ3v) is 2.59. The average molecular weight is 202 g/mol. The Balaban J connectivity index is 2.65. The van der Waals surface area contributed by atoms with Crippen LogP contribution in [-0.4, -0.2) is 0 Å². The van der Waals surface area contributed by atoms with Gasteiger partial charge >= 0.3 is 5.95 Å². The summed E-state index contributed by atoms with van der Waals surface area (Å²) in [7, 11) is 1.73. The van der Waals surface area contributed by atoms with Crippen LogP contribution >= 0.6 is 0 Å². The maximum Gasteiger partial charge on any atom is 0.359 e. The van der Waals surface area contributed by atoms with E-state index in [-0.39, 0.29) is 5.95 Å². The maximum atomic E-state index is 13.4. The summed E-state index contributed by atoms with van der Waals surface area (Å²) in [5, 5.41) is 0. The van der Waals surface area contributed by atoms with Gasteiger partial charge in [0.2, 0.25) is 5.69 Å². The van der Waals surface area contributed by atoms with Crippen LogP contribution in [0.2, 0.25) is 0 Å². The third kappa shape index (κ3) is 1.75. The van der Waals surface area contributed by atoms with Crippen molar-refractivity contribution in [2.45, 2.75) is 6.92 Å². The number of benzene rings is 1. The molecule has 0 bridgehead atoms. The molecule has 0 N–H and O–H groups in total. The minimum Gasteiger partial charge on any atom is -0.169 e. The Morgan fingerprint density at radius 3 is 2.47 bits per heavy atom. The molecule has 0 saturated heterocycles. The Bertz CT molecular complexity index is 492. The summed E-state index contributed by atoms with van der Waals surface area (Å²) in [4.78, 5) is 0. The summed E-state index contributed by atoms with van der Waals surface area (Å²) < 4.78 is 14.9. The van der Waals surface area contributed by atoms with E-state index in [4.69, 9.17) is 0 Å². The quantitative estimate of drug-likeness (QED) is 0.494. The lowest BCUT2D eigenvalue weighted by atomic mass is 10.1. The largest absolute Gasteiger partial charge is 0.359 e. The molecular formula is C13H13FN+. The lowest BCUT2D eigenvalue weighted by Crippen LogP contribution is -2.35. The fourth-order valence-corrected chi connectivity index (χ4v) is 1.69. The summed E-state index contributed by atoms with van der Waals surface area (Å²) in [6.07, 6.45) is 0. The van der Waals surface area contributed by atoms with Crippen molar-refractivity contribution in [3.8, 4) is 11.3 Å². The van der Waals surface area contributed by atoms with Gasteiger partial charge in [0.15, 0.2) is 0 Å². The molecule has 2 aromatic rings. The smallest absolute Gasteiger partial charge is 0.169 e.